The van der Waals surface area contributed by atoms with Gasteiger partial charge >= 0.3 is 0 Å². The fraction of sp³-hybridized carbons (Fsp3) is 0.190. The monoisotopic (exact) mass is 712 g/mol. The zero-order valence-corrected chi connectivity index (χ0v) is 30.9. The summed E-state index contributed by atoms with van der Waals surface area (Å²) in [6.07, 6.45) is 0. The third kappa shape index (κ3) is 6.26. The van der Waals surface area contributed by atoms with Gasteiger partial charge in [-0.05, 0) is 89.1 Å². The molecular formula is C42H37ClN4O3S. The van der Waals surface area contributed by atoms with Gasteiger partial charge in [-0.15, -0.1) is 0 Å². The molecule has 4 aromatic rings. The standard InChI is InChI=1S/C42H37ClN4O3S/c1-7-46(41-26(3)12-11-13-27(41)4)31-16-18-34-37(22-31)50-38-23-32(47(8-2)42-28(5)20-30(43)21-29(42)6)17-19-35(38)40(34)36-14-9-10-15-39(36)51(48,49)33(24-44)25-45/h9-23H,7-8H2,1-6H3. The van der Waals surface area contributed by atoms with Gasteiger partial charge < -0.3 is 14.7 Å². The fourth-order valence-corrected chi connectivity index (χ4v) is 8.66. The van der Waals surface area contributed by atoms with E-state index in [1.165, 1.54) is 6.07 Å². The average molecular weight is 713 g/mol. The van der Waals surface area contributed by atoms with E-state index in [0.29, 0.717) is 51.5 Å². The molecule has 1 aliphatic heterocycles. The number of allylic oxidation sites excluding steroid dienone is 1. The number of anilines is 2. The van der Waals surface area contributed by atoms with Gasteiger partial charge in [0.25, 0.3) is 0 Å². The summed E-state index contributed by atoms with van der Waals surface area (Å²) in [5.74, 6) is 2.12. The highest BCUT2D eigenvalue weighted by Gasteiger charge is 2.28. The van der Waals surface area contributed by atoms with Crippen molar-refractivity contribution in [1.82, 2.24) is 4.58 Å². The van der Waals surface area contributed by atoms with Crippen LogP contribution in [-0.4, -0.2) is 27.4 Å². The number of hydrogen-bond donors (Lipinski definition) is 0. The Labute approximate surface area is 303 Å². The molecule has 0 amide bonds. The largest absolute Gasteiger partial charge is 0.762 e. The second kappa shape index (κ2) is 14.0. The number of rotatable bonds is 8. The van der Waals surface area contributed by atoms with Crippen molar-refractivity contribution in [3.63, 3.8) is 0 Å². The molecule has 1 heterocycles. The molecule has 1 aliphatic carbocycles. The van der Waals surface area contributed by atoms with E-state index in [9.17, 15) is 19.1 Å². The Morgan fingerprint density at radius 2 is 1.55 bits per heavy atom. The predicted octanol–water partition coefficient (Wildman–Crippen LogP) is 9.79. The smallest absolute Gasteiger partial charge is 0.222 e. The Morgan fingerprint density at radius 1 is 0.863 bits per heavy atom. The van der Waals surface area contributed by atoms with E-state index in [-0.39, 0.29) is 4.90 Å². The van der Waals surface area contributed by atoms with Crippen LogP contribution in [0.15, 0.2) is 105 Å². The molecule has 0 atom stereocenters. The first-order chi connectivity index (χ1) is 24.4. The topological polar surface area (TPSA) is 99.6 Å². The van der Waals surface area contributed by atoms with Crippen molar-refractivity contribution in [1.29, 1.82) is 5.26 Å². The number of halogens is 1. The first kappa shape index (κ1) is 35.4. The van der Waals surface area contributed by atoms with Crippen LogP contribution in [0.4, 0.5) is 17.1 Å². The minimum Gasteiger partial charge on any atom is -0.762 e. The van der Waals surface area contributed by atoms with E-state index < -0.39 is 14.7 Å². The summed E-state index contributed by atoms with van der Waals surface area (Å²) in [5.41, 5.74) is 9.66. The van der Waals surface area contributed by atoms with Gasteiger partial charge in [0.15, 0.2) is 4.91 Å². The van der Waals surface area contributed by atoms with Gasteiger partial charge in [-0.1, -0.05) is 48.0 Å². The van der Waals surface area contributed by atoms with Crippen molar-refractivity contribution in [3.8, 4) is 28.5 Å². The second-order valence-corrected chi connectivity index (χ2v) is 14.8. The van der Waals surface area contributed by atoms with E-state index in [1.54, 1.807) is 30.1 Å². The molecule has 2 aliphatic rings. The molecule has 256 valence electrons. The van der Waals surface area contributed by atoms with Crippen LogP contribution in [-0.2, 0) is 9.84 Å². The van der Waals surface area contributed by atoms with Crippen molar-refractivity contribution < 1.29 is 12.8 Å². The third-order valence-electron chi connectivity index (χ3n) is 9.30. The zero-order chi connectivity index (χ0) is 36.6. The molecule has 9 heteroatoms. The molecule has 0 unspecified atom stereocenters. The number of fused-ring (bicyclic) bond motifs is 2. The van der Waals surface area contributed by atoms with E-state index in [2.05, 4.69) is 49.3 Å². The lowest BCUT2D eigenvalue weighted by molar-refractivity contribution is 0.603. The summed E-state index contributed by atoms with van der Waals surface area (Å²) in [6, 6.07) is 30.1. The maximum Gasteiger partial charge on any atom is 0.222 e. The third-order valence-corrected chi connectivity index (χ3v) is 11.2. The number of nitrogens with zero attached hydrogens (tertiary/aromatic N) is 4. The second-order valence-electron chi connectivity index (χ2n) is 12.5. The molecule has 4 aromatic carbocycles. The quantitative estimate of drug-likeness (QED) is 0.0677. The molecule has 0 saturated carbocycles. The molecule has 0 bridgehead atoms. The first-order valence-electron chi connectivity index (χ1n) is 16.7. The van der Waals surface area contributed by atoms with Gasteiger partial charge in [0.1, 0.15) is 24.0 Å². The number of aryl methyl sites for hydroxylation is 4. The molecule has 0 spiro atoms. The van der Waals surface area contributed by atoms with Crippen LogP contribution >= 0.6 is 11.6 Å². The molecule has 0 saturated heterocycles. The Morgan fingerprint density at radius 3 is 2.18 bits per heavy atom. The lowest BCUT2D eigenvalue weighted by Crippen LogP contribution is -2.26. The van der Waals surface area contributed by atoms with Crippen LogP contribution in [0.5, 0.6) is 0 Å². The van der Waals surface area contributed by atoms with Crippen LogP contribution in [0.1, 0.15) is 36.1 Å². The van der Waals surface area contributed by atoms with Crippen molar-refractivity contribution in [3.05, 3.63) is 134 Å². The SMILES string of the molecule is CCN(c1ccc2c(-c3ccccc3S(=O)(=O)C(=C=[N-])C#N)c3ccc(=[N+](CC)c4c(C)cc(Cl)cc4C)cc-3oc2c1)c1c(C)cccc1C. The summed E-state index contributed by atoms with van der Waals surface area (Å²) < 4.78 is 36.5. The number of nitriles is 1. The predicted molar refractivity (Wildman–Crippen MR) is 208 cm³/mol. The van der Waals surface area contributed by atoms with Crippen molar-refractivity contribution in [2.75, 3.05) is 18.0 Å². The normalized spacial score (nSPS) is 12.0. The molecule has 0 radical (unpaired) electrons. The highest BCUT2D eigenvalue weighted by molar-refractivity contribution is 7.96. The lowest BCUT2D eigenvalue weighted by atomic mass is 9.93. The van der Waals surface area contributed by atoms with E-state index in [1.807, 2.05) is 68.4 Å². The maximum atomic E-state index is 13.8. The van der Waals surface area contributed by atoms with E-state index >= 15 is 0 Å². The minimum absolute atomic E-state index is 0.127. The van der Waals surface area contributed by atoms with Gasteiger partial charge in [-0.3, -0.25) is 0 Å². The van der Waals surface area contributed by atoms with Crippen molar-refractivity contribution >= 4 is 55.3 Å². The van der Waals surface area contributed by atoms with Crippen molar-refractivity contribution in [2.24, 2.45) is 0 Å². The van der Waals surface area contributed by atoms with E-state index in [4.69, 9.17) is 16.0 Å². The van der Waals surface area contributed by atoms with Crippen molar-refractivity contribution in [2.45, 2.75) is 46.4 Å². The van der Waals surface area contributed by atoms with Crippen LogP contribution in [0.3, 0.4) is 0 Å². The van der Waals surface area contributed by atoms with Gasteiger partial charge in [-0.25, -0.2) is 14.3 Å². The Balaban J connectivity index is 1.73. The minimum atomic E-state index is -4.43. The summed E-state index contributed by atoms with van der Waals surface area (Å²) >= 11 is 6.39. The highest BCUT2D eigenvalue weighted by Crippen LogP contribution is 2.44. The number of benzene rings is 5. The lowest BCUT2D eigenvalue weighted by Gasteiger charge is -2.27. The molecule has 6 rings (SSSR count). The van der Waals surface area contributed by atoms with Gasteiger partial charge in [0, 0.05) is 68.3 Å². The molecular weight excluding hydrogens is 676 g/mol. The summed E-state index contributed by atoms with van der Waals surface area (Å²) in [6.45, 7) is 13.8. The molecule has 0 N–H and O–H groups in total. The molecule has 0 aromatic heterocycles. The number of hydrogen-bond acceptors (Lipinski definition) is 5. The van der Waals surface area contributed by atoms with Crippen LogP contribution in [0.25, 0.3) is 38.8 Å². The van der Waals surface area contributed by atoms with Gasteiger partial charge in [-0.2, -0.15) is 9.84 Å². The van der Waals surface area contributed by atoms with Crippen LogP contribution in [0, 0.1) is 39.0 Å². The first-order valence-corrected chi connectivity index (χ1v) is 18.5. The summed E-state index contributed by atoms with van der Waals surface area (Å²) in [7, 11) is -4.43. The van der Waals surface area contributed by atoms with Crippen LogP contribution in [0.2, 0.25) is 5.02 Å². The average Bonchev–Trinajstić information content (AvgIpc) is 3.10. The van der Waals surface area contributed by atoms with E-state index in [0.717, 1.165) is 44.7 Å². The molecule has 7 nitrogen and oxygen atoms in total. The molecule has 0 fully saturated rings. The Hall–Kier alpha value is -5.45. The fourth-order valence-electron chi connectivity index (χ4n) is 7.16. The maximum absolute atomic E-state index is 13.8. The Bertz CT molecular complexity index is 2570. The van der Waals surface area contributed by atoms with Gasteiger partial charge in [0.05, 0.1) is 11.0 Å². The summed E-state index contributed by atoms with van der Waals surface area (Å²) in [4.78, 5) is 1.25. The molecule has 51 heavy (non-hydrogen) atoms. The number of para-hydroxylation sites is 1. The Kier molecular flexibility index (Phi) is 9.75. The highest BCUT2D eigenvalue weighted by atomic mass is 35.5. The summed E-state index contributed by atoms with van der Waals surface area (Å²) in [5, 5.41) is 21.5. The number of sulfone groups is 1. The van der Waals surface area contributed by atoms with Crippen LogP contribution < -0.4 is 14.8 Å². The zero-order valence-electron chi connectivity index (χ0n) is 29.4. The van der Waals surface area contributed by atoms with Gasteiger partial charge in [0.2, 0.25) is 20.9 Å².